The van der Waals surface area contributed by atoms with E-state index in [4.69, 9.17) is 0 Å². The first kappa shape index (κ1) is 15.3. The van der Waals surface area contributed by atoms with Gasteiger partial charge in [0, 0.05) is 28.0 Å². The van der Waals surface area contributed by atoms with Crippen LogP contribution < -0.4 is 4.74 Å². The third-order valence-corrected chi connectivity index (χ3v) is 3.04. The molecule has 0 aliphatic carbocycles. The number of hydrogen-bond acceptors (Lipinski definition) is 3. The molecule has 0 N–H and O–H groups in total. The minimum atomic E-state index is -2.92. The molecule has 1 heterocycles. The maximum atomic E-state index is 12.3. The van der Waals surface area contributed by atoms with E-state index < -0.39 is 6.61 Å². The number of hydrogen-bond donors (Lipinski definition) is 0. The van der Waals surface area contributed by atoms with Gasteiger partial charge in [-0.3, -0.25) is 9.78 Å². The molecule has 21 heavy (non-hydrogen) atoms. The summed E-state index contributed by atoms with van der Waals surface area (Å²) in [6, 6.07) is 7.84. The summed E-state index contributed by atoms with van der Waals surface area (Å²) in [6.45, 7) is -2.92. The van der Waals surface area contributed by atoms with Gasteiger partial charge in [-0.05, 0) is 42.5 Å². The fourth-order valence-electron chi connectivity index (χ4n) is 1.62. The van der Waals surface area contributed by atoms with E-state index in [1.807, 2.05) is 0 Å². The quantitative estimate of drug-likeness (QED) is 0.592. The first-order valence-electron chi connectivity index (χ1n) is 5.93. The molecule has 2 aromatic rings. The molecule has 0 aliphatic heterocycles. The van der Waals surface area contributed by atoms with Gasteiger partial charge in [0.25, 0.3) is 0 Å². The van der Waals surface area contributed by atoms with Crippen LogP contribution in [0.15, 0.2) is 53.3 Å². The summed E-state index contributed by atoms with van der Waals surface area (Å²) in [7, 11) is 0. The zero-order chi connectivity index (χ0) is 15.2. The van der Waals surface area contributed by atoms with Gasteiger partial charge in [-0.2, -0.15) is 8.78 Å². The fraction of sp³-hybridized carbons (Fsp3) is 0.0667. The van der Waals surface area contributed by atoms with Crippen LogP contribution in [0.2, 0.25) is 0 Å². The molecule has 0 aliphatic rings. The number of aromatic nitrogens is 1. The minimum absolute atomic E-state index is 0.00318. The summed E-state index contributed by atoms with van der Waals surface area (Å²) in [6.07, 6.45) is 5.71. The molecule has 0 saturated carbocycles. The molecular weight excluding hydrogens is 344 g/mol. The maximum Gasteiger partial charge on any atom is 0.387 e. The lowest BCUT2D eigenvalue weighted by atomic mass is 10.1. The number of pyridine rings is 1. The summed E-state index contributed by atoms with van der Waals surface area (Å²) in [5.41, 5.74) is 0.794. The number of alkyl halides is 2. The summed E-state index contributed by atoms with van der Waals surface area (Å²) in [5.74, 6) is -0.269. The number of ether oxygens (including phenoxy) is 1. The van der Waals surface area contributed by atoms with Crippen LogP contribution in [0.5, 0.6) is 5.75 Å². The Labute approximate surface area is 128 Å². The van der Waals surface area contributed by atoms with E-state index in [0.717, 1.165) is 0 Å². The lowest BCUT2D eigenvalue weighted by Gasteiger charge is -2.08. The van der Waals surface area contributed by atoms with Gasteiger partial charge >= 0.3 is 6.61 Å². The van der Waals surface area contributed by atoms with Crippen LogP contribution in [0.25, 0.3) is 6.08 Å². The number of carbonyl (C=O) groups excluding carboxylic acids is 1. The molecule has 2 rings (SSSR count). The van der Waals surface area contributed by atoms with Crippen molar-refractivity contribution < 1.29 is 18.3 Å². The topological polar surface area (TPSA) is 39.2 Å². The molecule has 0 saturated heterocycles. The van der Waals surface area contributed by atoms with Gasteiger partial charge in [0.2, 0.25) is 0 Å². The average molecular weight is 354 g/mol. The fourth-order valence-corrected chi connectivity index (χ4v) is 2.00. The van der Waals surface area contributed by atoms with Gasteiger partial charge in [0.15, 0.2) is 5.78 Å². The van der Waals surface area contributed by atoms with Crippen LogP contribution in [0, 0.1) is 0 Å². The number of allylic oxidation sites excluding steroid dienone is 1. The number of nitrogens with zero attached hydrogens (tertiary/aromatic N) is 1. The van der Waals surface area contributed by atoms with Crippen molar-refractivity contribution in [2.24, 2.45) is 0 Å². The maximum absolute atomic E-state index is 12.3. The Morgan fingerprint density at radius 2 is 2.14 bits per heavy atom. The van der Waals surface area contributed by atoms with Crippen molar-refractivity contribution in [1.29, 1.82) is 0 Å². The van der Waals surface area contributed by atoms with Crippen molar-refractivity contribution in [3.63, 3.8) is 0 Å². The molecule has 1 aromatic carbocycles. The highest BCUT2D eigenvalue weighted by molar-refractivity contribution is 9.10. The standard InChI is InChI=1S/C15H10BrF2NO2/c16-12-4-6-14(21-15(17)18)10(8-12)3-5-13(20)11-2-1-7-19-9-11/h1-9,15H/b5-3+. The monoisotopic (exact) mass is 353 g/mol. The number of rotatable bonds is 5. The lowest BCUT2D eigenvalue weighted by molar-refractivity contribution is -0.0499. The Morgan fingerprint density at radius 1 is 1.33 bits per heavy atom. The molecule has 0 spiro atoms. The van der Waals surface area contributed by atoms with E-state index in [-0.39, 0.29) is 11.5 Å². The molecule has 0 bridgehead atoms. The Balaban J connectivity index is 2.24. The van der Waals surface area contributed by atoms with Gasteiger partial charge < -0.3 is 4.74 Å². The molecule has 0 atom stereocenters. The third kappa shape index (κ3) is 4.46. The van der Waals surface area contributed by atoms with Crippen molar-refractivity contribution in [2.75, 3.05) is 0 Å². The molecule has 0 radical (unpaired) electrons. The predicted octanol–water partition coefficient (Wildman–Crippen LogP) is 4.34. The molecule has 108 valence electrons. The van der Waals surface area contributed by atoms with Crippen molar-refractivity contribution in [1.82, 2.24) is 4.98 Å². The molecule has 3 nitrogen and oxygen atoms in total. The third-order valence-electron chi connectivity index (χ3n) is 2.55. The first-order valence-corrected chi connectivity index (χ1v) is 6.72. The van der Waals surface area contributed by atoms with E-state index in [2.05, 4.69) is 25.7 Å². The first-order chi connectivity index (χ1) is 10.1. The van der Waals surface area contributed by atoms with Gasteiger partial charge in [-0.15, -0.1) is 0 Å². The SMILES string of the molecule is O=C(/C=C/c1cc(Br)ccc1OC(F)F)c1cccnc1. The molecule has 0 fully saturated rings. The van der Waals surface area contributed by atoms with Crippen molar-refractivity contribution in [3.05, 3.63) is 64.4 Å². The van der Waals surface area contributed by atoms with E-state index in [0.29, 0.717) is 15.6 Å². The van der Waals surface area contributed by atoms with Gasteiger partial charge in [-0.25, -0.2) is 0 Å². The second-order valence-electron chi connectivity index (χ2n) is 4.00. The summed E-state index contributed by atoms with van der Waals surface area (Å²) in [4.78, 5) is 15.8. The average Bonchev–Trinajstić information content (AvgIpc) is 2.47. The number of ketones is 1. The lowest BCUT2D eigenvalue weighted by Crippen LogP contribution is -2.03. The van der Waals surface area contributed by atoms with Crippen LogP contribution in [0.3, 0.4) is 0 Å². The van der Waals surface area contributed by atoms with E-state index >= 15 is 0 Å². The van der Waals surface area contributed by atoms with Crippen molar-refractivity contribution in [3.8, 4) is 5.75 Å². The Hall–Kier alpha value is -2.08. The second kappa shape index (κ2) is 7.08. The molecular formula is C15H10BrF2NO2. The number of carbonyl (C=O) groups is 1. The normalized spacial score (nSPS) is 11.0. The molecule has 0 unspecified atom stereocenters. The largest absolute Gasteiger partial charge is 0.434 e. The van der Waals surface area contributed by atoms with Crippen LogP contribution in [0.1, 0.15) is 15.9 Å². The predicted molar refractivity (Wildman–Crippen MR) is 78.4 cm³/mol. The number of benzene rings is 1. The number of halogens is 3. The Kier molecular flexibility index (Phi) is 5.16. The van der Waals surface area contributed by atoms with Crippen molar-refractivity contribution >= 4 is 27.8 Å². The van der Waals surface area contributed by atoms with Gasteiger partial charge in [-0.1, -0.05) is 15.9 Å². The Morgan fingerprint density at radius 3 is 2.81 bits per heavy atom. The highest BCUT2D eigenvalue weighted by Crippen LogP contribution is 2.26. The highest BCUT2D eigenvalue weighted by Gasteiger charge is 2.09. The zero-order valence-electron chi connectivity index (χ0n) is 10.7. The zero-order valence-corrected chi connectivity index (χ0v) is 12.3. The molecule has 6 heteroatoms. The van der Waals surface area contributed by atoms with Crippen LogP contribution in [-0.2, 0) is 0 Å². The van der Waals surface area contributed by atoms with Gasteiger partial charge in [0.1, 0.15) is 5.75 Å². The van der Waals surface area contributed by atoms with Crippen LogP contribution in [0.4, 0.5) is 8.78 Å². The summed E-state index contributed by atoms with van der Waals surface area (Å²) >= 11 is 3.24. The van der Waals surface area contributed by atoms with E-state index in [1.54, 1.807) is 30.5 Å². The van der Waals surface area contributed by atoms with E-state index in [1.165, 1.54) is 24.4 Å². The Bertz CT molecular complexity index is 660. The van der Waals surface area contributed by atoms with Crippen LogP contribution in [-0.4, -0.2) is 17.4 Å². The highest BCUT2D eigenvalue weighted by atomic mass is 79.9. The summed E-state index contributed by atoms with van der Waals surface area (Å²) in [5, 5.41) is 0. The molecule has 1 aromatic heterocycles. The summed E-state index contributed by atoms with van der Waals surface area (Å²) < 4.78 is 29.8. The molecule has 0 amide bonds. The minimum Gasteiger partial charge on any atom is -0.434 e. The van der Waals surface area contributed by atoms with E-state index in [9.17, 15) is 13.6 Å². The van der Waals surface area contributed by atoms with Crippen molar-refractivity contribution in [2.45, 2.75) is 6.61 Å². The second-order valence-corrected chi connectivity index (χ2v) is 4.92. The smallest absolute Gasteiger partial charge is 0.387 e. The van der Waals surface area contributed by atoms with Crippen LogP contribution >= 0.6 is 15.9 Å². The van der Waals surface area contributed by atoms with Gasteiger partial charge in [0.05, 0.1) is 0 Å².